The summed E-state index contributed by atoms with van der Waals surface area (Å²) in [4.78, 5) is 32.8. The van der Waals surface area contributed by atoms with E-state index in [4.69, 9.17) is 0 Å². The van der Waals surface area contributed by atoms with Crippen molar-refractivity contribution < 1.29 is 14.7 Å². The number of carbonyl (C=O) groups is 2. The lowest BCUT2D eigenvalue weighted by molar-refractivity contribution is -0.143. The maximum atomic E-state index is 12.9. The molecule has 1 amide bonds. The van der Waals surface area contributed by atoms with Crippen LogP contribution in [0.15, 0.2) is 35.7 Å². The average molecular weight is 388 g/mol. The molecule has 1 aliphatic rings. The van der Waals surface area contributed by atoms with E-state index in [1.165, 1.54) is 11.3 Å². The lowest BCUT2D eigenvalue weighted by Gasteiger charge is -2.28. The van der Waals surface area contributed by atoms with Crippen LogP contribution in [-0.2, 0) is 16.0 Å². The van der Waals surface area contributed by atoms with Crippen LogP contribution in [0.1, 0.15) is 18.5 Å². The molecule has 1 aromatic carbocycles. The highest BCUT2D eigenvalue weighted by Gasteiger charge is 2.31. The normalized spacial score (nSPS) is 20.5. The van der Waals surface area contributed by atoms with Gasteiger partial charge in [-0.1, -0.05) is 30.3 Å². The molecule has 0 unspecified atom stereocenters. The zero-order chi connectivity index (χ0) is 19.4. The van der Waals surface area contributed by atoms with Gasteiger partial charge < -0.3 is 14.9 Å². The van der Waals surface area contributed by atoms with Crippen molar-refractivity contribution in [2.75, 3.05) is 27.2 Å². The van der Waals surface area contributed by atoms with E-state index < -0.39 is 11.9 Å². The molecular formula is C20H25N3O3S. The van der Waals surface area contributed by atoms with Crippen molar-refractivity contribution in [1.82, 2.24) is 14.8 Å². The Hall–Kier alpha value is -2.25. The lowest BCUT2D eigenvalue weighted by atomic mass is 10.0. The molecular weight excluding hydrogens is 362 g/mol. The standard InChI is InChI=1S/C20H25N3O3S/c1-22(2)17-9-8-15(20(25)26)11-23(12-17)18(24)10-16-13-27-19(21-16)14-6-4-3-5-7-14/h3-7,13,15,17H,8-12H2,1-2H3,(H,25,26)/t15-,17+/m0/s1. The summed E-state index contributed by atoms with van der Waals surface area (Å²) >= 11 is 1.52. The third-order valence-electron chi connectivity index (χ3n) is 5.06. The van der Waals surface area contributed by atoms with Crippen LogP contribution in [0.2, 0.25) is 0 Å². The number of aromatic nitrogens is 1. The van der Waals surface area contributed by atoms with Crippen molar-refractivity contribution in [1.29, 1.82) is 0 Å². The molecule has 3 rings (SSSR count). The summed E-state index contributed by atoms with van der Waals surface area (Å²) in [6.07, 6.45) is 1.58. The molecule has 6 nitrogen and oxygen atoms in total. The quantitative estimate of drug-likeness (QED) is 0.854. The molecule has 27 heavy (non-hydrogen) atoms. The van der Waals surface area contributed by atoms with E-state index in [0.29, 0.717) is 13.0 Å². The number of nitrogens with zero attached hydrogens (tertiary/aromatic N) is 3. The highest BCUT2D eigenvalue weighted by molar-refractivity contribution is 7.13. The fraction of sp³-hybridized carbons (Fsp3) is 0.450. The molecule has 1 fully saturated rings. The first-order valence-electron chi connectivity index (χ1n) is 9.11. The zero-order valence-electron chi connectivity index (χ0n) is 15.7. The number of hydrogen-bond acceptors (Lipinski definition) is 5. The maximum Gasteiger partial charge on any atom is 0.308 e. The molecule has 0 aliphatic carbocycles. The number of carboxylic acid groups (broad SMARTS) is 1. The van der Waals surface area contributed by atoms with E-state index in [1.807, 2.05) is 49.8 Å². The Labute approximate surface area is 163 Å². The van der Waals surface area contributed by atoms with Gasteiger partial charge in [-0.05, 0) is 26.9 Å². The molecule has 0 radical (unpaired) electrons. The Morgan fingerprint density at radius 2 is 1.96 bits per heavy atom. The van der Waals surface area contributed by atoms with Crippen LogP contribution in [0.3, 0.4) is 0 Å². The number of carboxylic acids is 1. The second-order valence-corrected chi connectivity index (χ2v) is 8.07. The van der Waals surface area contributed by atoms with E-state index >= 15 is 0 Å². The van der Waals surface area contributed by atoms with Gasteiger partial charge in [0.1, 0.15) is 5.01 Å². The minimum Gasteiger partial charge on any atom is -0.481 e. The molecule has 1 N–H and O–H groups in total. The lowest BCUT2D eigenvalue weighted by Crippen LogP contribution is -2.43. The van der Waals surface area contributed by atoms with Crippen molar-refractivity contribution >= 4 is 23.2 Å². The van der Waals surface area contributed by atoms with E-state index in [0.717, 1.165) is 22.7 Å². The highest BCUT2D eigenvalue weighted by atomic mass is 32.1. The number of likely N-dealkylation sites (tertiary alicyclic amines) is 1. The average Bonchev–Trinajstić information content (AvgIpc) is 2.98. The smallest absolute Gasteiger partial charge is 0.308 e. The van der Waals surface area contributed by atoms with Gasteiger partial charge in [-0.3, -0.25) is 9.59 Å². The fourth-order valence-electron chi connectivity index (χ4n) is 3.37. The third-order valence-corrected chi connectivity index (χ3v) is 6.00. The summed E-state index contributed by atoms with van der Waals surface area (Å²) in [7, 11) is 3.95. The van der Waals surface area contributed by atoms with Crippen molar-refractivity contribution in [2.45, 2.75) is 25.3 Å². The summed E-state index contributed by atoms with van der Waals surface area (Å²) < 4.78 is 0. The minimum atomic E-state index is -0.827. The third kappa shape index (κ3) is 4.93. The number of benzene rings is 1. The summed E-state index contributed by atoms with van der Waals surface area (Å²) in [6.45, 7) is 0.833. The summed E-state index contributed by atoms with van der Waals surface area (Å²) in [5.41, 5.74) is 1.77. The van der Waals surface area contributed by atoms with Crippen LogP contribution in [0, 0.1) is 5.92 Å². The summed E-state index contributed by atoms with van der Waals surface area (Å²) in [5, 5.41) is 12.2. The van der Waals surface area contributed by atoms with E-state index in [1.54, 1.807) is 4.90 Å². The molecule has 144 valence electrons. The zero-order valence-corrected chi connectivity index (χ0v) is 16.5. The van der Waals surface area contributed by atoms with Crippen molar-refractivity contribution in [3.05, 3.63) is 41.4 Å². The van der Waals surface area contributed by atoms with E-state index in [2.05, 4.69) is 9.88 Å². The molecule has 0 bridgehead atoms. The van der Waals surface area contributed by atoms with Gasteiger partial charge in [-0.25, -0.2) is 4.98 Å². The Balaban J connectivity index is 1.71. The molecule has 0 saturated carbocycles. The molecule has 0 spiro atoms. The molecule has 1 aromatic heterocycles. The second-order valence-electron chi connectivity index (χ2n) is 7.22. The Morgan fingerprint density at radius 1 is 1.22 bits per heavy atom. The minimum absolute atomic E-state index is 0.0556. The van der Waals surface area contributed by atoms with Crippen molar-refractivity contribution in [3.8, 4) is 10.6 Å². The van der Waals surface area contributed by atoms with Gasteiger partial charge in [0.25, 0.3) is 0 Å². The second kappa shape index (κ2) is 8.63. The molecule has 1 aliphatic heterocycles. The van der Waals surface area contributed by atoms with Crippen LogP contribution >= 0.6 is 11.3 Å². The van der Waals surface area contributed by atoms with Gasteiger partial charge in [-0.15, -0.1) is 11.3 Å². The van der Waals surface area contributed by atoms with Crippen LogP contribution in [-0.4, -0.2) is 65.0 Å². The van der Waals surface area contributed by atoms with Gasteiger partial charge in [0.05, 0.1) is 18.0 Å². The largest absolute Gasteiger partial charge is 0.481 e. The monoisotopic (exact) mass is 387 g/mol. The predicted octanol–water partition coefficient (Wildman–Crippen LogP) is 2.61. The van der Waals surface area contributed by atoms with Gasteiger partial charge in [0, 0.05) is 30.1 Å². The van der Waals surface area contributed by atoms with Gasteiger partial charge in [0.15, 0.2) is 0 Å². The predicted molar refractivity (Wildman–Crippen MR) is 106 cm³/mol. The van der Waals surface area contributed by atoms with Crippen LogP contribution < -0.4 is 0 Å². The van der Waals surface area contributed by atoms with Crippen LogP contribution in [0.25, 0.3) is 10.6 Å². The Kier molecular flexibility index (Phi) is 6.23. The fourth-order valence-corrected chi connectivity index (χ4v) is 4.19. The number of likely N-dealkylation sites (N-methyl/N-ethyl adjacent to an activating group) is 1. The van der Waals surface area contributed by atoms with E-state index in [9.17, 15) is 14.7 Å². The molecule has 7 heteroatoms. The first-order chi connectivity index (χ1) is 12.9. The number of carbonyl (C=O) groups excluding carboxylic acids is 1. The topological polar surface area (TPSA) is 73.7 Å². The van der Waals surface area contributed by atoms with E-state index in [-0.39, 0.29) is 24.9 Å². The summed E-state index contributed by atoms with van der Waals surface area (Å²) in [5.74, 6) is -1.39. The molecule has 2 aromatic rings. The number of amides is 1. The van der Waals surface area contributed by atoms with Crippen LogP contribution in [0.4, 0.5) is 0 Å². The first kappa shape index (κ1) is 19.5. The highest BCUT2D eigenvalue weighted by Crippen LogP contribution is 2.24. The Morgan fingerprint density at radius 3 is 2.63 bits per heavy atom. The van der Waals surface area contributed by atoms with Gasteiger partial charge in [-0.2, -0.15) is 0 Å². The molecule has 2 heterocycles. The molecule has 2 atom stereocenters. The van der Waals surface area contributed by atoms with Crippen molar-refractivity contribution in [2.24, 2.45) is 5.92 Å². The number of rotatable bonds is 5. The number of thiazole rings is 1. The van der Waals surface area contributed by atoms with Gasteiger partial charge in [0.2, 0.25) is 5.91 Å². The van der Waals surface area contributed by atoms with Gasteiger partial charge >= 0.3 is 5.97 Å². The van der Waals surface area contributed by atoms with Crippen molar-refractivity contribution in [3.63, 3.8) is 0 Å². The Bertz CT molecular complexity index is 791. The van der Waals surface area contributed by atoms with Crippen LogP contribution in [0.5, 0.6) is 0 Å². The number of aliphatic carboxylic acids is 1. The SMILES string of the molecule is CN(C)[C@@H]1CC[C@H](C(=O)O)CN(C(=O)Cc2csc(-c3ccccc3)n2)C1. The number of hydrogen-bond donors (Lipinski definition) is 1. The summed E-state index contributed by atoms with van der Waals surface area (Å²) in [6, 6.07) is 10.1. The first-order valence-corrected chi connectivity index (χ1v) is 9.99. The maximum absolute atomic E-state index is 12.9. The molecule has 1 saturated heterocycles.